The first-order chi connectivity index (χ1) is 7.79. The minimum Gasteiger partial charge on any atom is -0.550 e. The maximum atomic E-state index is 9.00. The fourth-order valence-electron chi connectivity index (χ4n) is 0.892. The third-order valence-electron chi connectivity index (χ3n) is 1.31. The number of carbonyl (C=O) groups excluding carboxylic acids is 1. The minimum atomic E-state index is -1.08. The summed E-state index contributed by atoms with van der Waals surface area (Å²) in [6, 6.07) is 0. The number of aliphatic carboxylic acids is 2. The second-order valence-corrected chi connectivity index (χ2v) is 3.33. The number of hydrogen-bond acceptors (Lipinski definition) is 3. The zero-order chi connectivity index (χ0) is 13.8. The van der Waals surface area contributed by atoms with Gasteiger partial charge in [0.25, 0.3) is 5.97 Å². The van der Waals surface area contributed by atoms with Gasteiger partial charge in [0.15, 0.2) is 0 Å². The fraction of sp³-hybridized carbons (Fsp3) is 0.545. The van der Waals surface area contributed by atoms with E-state index in [1.807, 2.05) is 7.05 Å². The maximum absolute atomic E-state index is 9.00. The largest absolute Gasteiger partial charge is 0.550 e. The van der Waals surface area contributed by atoms with Crippen molar-refractivity contribution >= 4 is 11.9 Å². The summed E-state index contributed by atoms with van der Waals surface area (Å²) in [4.78, 5) is 17.9. The normalized spacial score (nSPS) is 8.24. The third kappa shape index (κ3) is 20.3. The van der Waals surface area contributed by atoms with E-state index in [0.29, 0.717) is 0 Å². The minimum absolute atomic E-state index is 0.833. The Balaban J connectivity index is 0. The monoisotopic (exact) mass is 244 g/mol. The molecule has 0 amide bonds. The Morgan fingerprint density at radius 1 is 1.41 bits per heavy atom. The van der Waals surface area contributed by atoms with Gasteiger partial charge in [-0.15, -0.1) is 0 Å². The molecule has 0 aliphatic heterocycles. The molecule has 0 aromatic carbocycles. The Morgan fingerprint density at radius 2 is 1.82 bits per heavy atom. The predicted molar refractivity (Wildman–Crippen MR) is 59.9 cm³/mol. The van der Waals surface area contributed by atoms with Crippen LogP contribution in [0, 0.1) is 0 Å². The molecule has 1 N–H and O–H groups in total. The summed E-state index contributed by atoms with van der Waals surface area (Å²) in [6.45, 7) is 5.36. The molecule has 1 rings (SSSR count). The van der Waals surface area contributed by atoms with Gasteiger partial charge in [0.05, 0.1) is 13.6 Å². The van der Waals surface area contributed by atoms with Crippen LogP contribution in [0.4, 0.5) is 0 Å². The van der Waals surface area contributed by atoms with Crippen LogP contribution in [0.1, 0.15) is 27.2 Å². The van der Waals surface area contributed by atoms with Gasteiger partial charge in [-0.3, -0.25) is 4.79 Å². The van der Waals surface area contributed by atoms with Crippen LogP contribution in [-0.2, 0) is 23.2 Å². The van der Waals surface area contributed by atoms with Gasteiger partial charge in [0, 0.05) is 12.9 Å². The zero-order valence-corrected chi connectivity index (χ0v) is 10.7. The van der Waals surface area contributed by atoms with Crippen LogP contribution >= 0.6 is 0 Å². The molecule has 0 fully saturated rings. The van der Waals surface area contributed by atoms with Crippen LogP contribution in [0.5, 0.6) is 0 Å². The summed E-state index contributed by atoms with van der Waals surface area (Å²) in [7, 11) is 2.03. The summed E-state index contributed by atoms with van der Waals surface area (Å²) in [5.74, 6) is -1.92. The van der Waals surface area contributed by atoms with E-state index >= 15 is 0 Å². The van der Waals surface area contributed by atoms with Gasteiger partial charge < -0.3 is 15.0 Å². The Labute approximate surface area is 101 Å². The number of rotatable bonds is 2. The van der Waals surface area contributed by atoms with Crippen molar-refractivity contribution in [1.82, 2.24) is 4.57 Å². The number of hydrogen-bond donors (Lipinski definition) is 1. The molecule has 0 bridgehead atoms. The average Bonchev–Trinajstić information content (AvgIpc) is 2.49. The molecule has 1 aromatic rings. The molecule has 0 unspecified atom stereocenters. The van der Waals surface area contributed by atoms with Crippen LogP contribution in [0.25, 0.3) is 0 Å². The maximum Gasteiger partial charge on any atom is 0.300 e. The molecule has 1 heterocycles. The lowest BCUT2D eigenvalue weighted by molar-refractivity contribution is -0.696. The van der Waals surface area contributed by atoms with Gasteiger partial charge >= 0.3 is 0 Å². The lowest BCUT2D eigenvalue weighted by Gasteiger charge is -1.86. The van der Waals surface area contributed by atoms with Crippen molar-refractivity contribution in [1.29, 1.82) is 0 Å². The van der Waals surface area contributed by atoms with Gasteiger partial charge in [-0.05, 0) is 13.3 Å². The first-order valence-corrected chi connectivity index (χ1v) is 5.17. The van der Waals surface area contributed by atoms with E-state index < -0.39 is 11.9 Å². The van der Waals surface area contributed by atoms with Gasteiger partial charge in [-0.2, -0.15) is 0 Å². The highest BCUT2D eigenvalue weighted by Crippen LogP contribution is 1.78. The molecule has 0 spiro atoms. The number of aromatic nitrogens is 2. The number of nitrogens with zero attached hydrogens (tertiary/aromatic N) is 2. The van der Waals surface area contributed by atoms with Crippen LogP contribution in [0.2, 0.25) is 0 Å². The molecule has 6 heteroatoms. The lowest BCUT2D eigenvalue weighted by atomic mass is 10.5. The van der Waals surface area contributed by atoms with Crippen molar-refractivity contribution in [3.8, 4) is 0 Å². The Bertz CT molecular complexity index is 314. The topological polar surface area (TPSA) is 86.2 Å². The van der Waals surface area contributed by atoms with Crippen molar-refractivity contribution in [2.45, 2.75) is 33.7 Å². The summed E-state index contributed by atoms with van der Waals surface area (Å²) in [5.41, 5.74) is 0. The van der Waals surface area contributed by atoms with Crippen molar-refractivity contribution in [2.75, 3.05) is 0 Å². The summed E-state index contributed by atoms with van der Waals surface area (Å²) in [5, 5.41) is 16.3. The van der Waals surface area contributed by atoms with Crippen LogP contribution in [0.15, 0.2) is 18.7 Å². The van der Waals surface area contributed by atoms with Crippen LogP contribution in [-0.4, -0.2) is 21.6 Å². The predicted octanol–water partition coefficient (Wildman–Crippen LogP) is -0.430. The molecule has 0 aliphatic carbocycles. The molecular formula is C11H20N2O4. The van der Waals surface area contributed by atoms with Gasteiger partial charge in [0.1, 0.15) is 12.4 Å². The Hall–Kier alpha value is -1.85. The molecule has 17 heavy (non-hydrogen) atoms. The van der Waals surface area contributed by atoms with Crippen molar-refractivity contribution in [3.05, 3.63) is 18.7 Å². The summed E-state index contributed by atoms with van der Waals surface area (Å²) in [6.07, 6.45) is 7.43. The summed E-state index contributed by atoms with van der Waals surface area (Å²) < 4.78 is 4.23. The number of carboxylic acids is 2. The number of imidazole rings is 1. The summed E-state index contributed by atoms with van der Waals surface area (Å²) >= 11 is 0. The standard InChI is InChI=1S/C7H13N2.2C2H4O2/c1-3-4-9-6-5-8(2)7-9;2*1-2(3)4/h5-7H,3-4H2,1-2H3;2*1H3,(H,3,4)/q+1;;/p-1. The molecule has 0 saturated carbocycles. The lowest BCUT2D eigenvalue weighted by Crippen LogP contribution is -2.30. The first-order valence-electron chi connectivity index (χ1n) is 5.17. The zero-order valence-electron chi connectivity index (χ0n) is 10.7. The number of carbonyl (C=O) groups is 2. The van der Waals surface area contributed by atoms with E-state index in [2.05, 4.69) is 34.8 Å². The molecule has 6 nitrogen and oxygen atoms in total. The van der Waals surface area contributed by atoms with E-state index in [1.165, 1.54) is 6.42 Å². The fourth-order valence-corrected chi connectivity index (χ4v) is 0.892. The molecule has 0 aliphatic rings. The van der Waals surface area contributed by atoms with Crippen molar-refractivity contribution < 1.29 is 24.4 Å². The highest BCUT2D eigenvalue weighted by molar-refractivity contribution is 5.63. The van der Waals surface area contributed by atoms with Gasteiger partial charge in [-0.25, -0.2) is 9.13 Å². The van der Waals surface area contributed by atoms with E-state index in [1.54, 1.807) is 0 Å². The quantitative estimate of drug-likeness (QED) is 0.715. The Morgan fingerprint density at radius 3 is 2.06 bits per heavy atom. The van der Waals surface area contributed by atoms with Crippen molar-refractivity contribution in [2.24, 2.45) is 7.05 Å². The molecule has 0 atom stereocenters. The van der Waals surface area contributed by atoms with Gasteiger partial charge in [0.2, 0.25) is 6.33 Å². The molecule has 1 aromatic heterocycles. The smallest absolute Gasteiger partial charge is 0.300 e. The Kier molecular flexibility index (Phi) is 11.0. The first kappa shape index (κ1) is 17.5. The molecule has 0 saturated heterocycles. The van der Waals surface area contributed by atoms with E-state index in [9.17, 15) is 0 Å². The molecule has 98 valence electrons. The third-order valence-corrected chi connectivity index (χ3v) is 1.31. The van der Waals surface area contributed by atoms with E-state index in [-0.39, 0.29) is 0 Å². The number of aryl methyl sites for hydroxylation is 2. The van der Waals surface area contributed by atoms with E-state index in [4.69, 9.17) is 19.8 Å². The van der Waals surface area contributed by atoms with Crippen molar-refractivity contribution in [3.63, 3.8) is 0 Å². The van der Waals surface area contributed by atoms with Gasteiger partial charge in [-0.1, -0.05) is 6.92 Å². The molecule has 0 radical (unpaired) electrons. The SMILES string of the molecule is CC(=O)O.CC(=O)[O-].CCC[n+]1ccn(C)c1. The van der Waals surface area contributed by atoms with Crippen LogP contribution in [0.3, 0.4) is 0 Å². The highest BCUT2D eigenvalue weighted by atomic mass is 16.4. The van der Waals surface area contributed by atoms with Crippen LogP contribution < -0.4 is 9.67 Å². The molecular weight excluding hydrogens is 224 g/mol. The average molecular weight is 244 g/mol. The number of carboxylic acid groups (broad SMARTS) is 2. The second kappa shape index (κ2) is 10.7. The van der Waals surface area contributed by atoms with E-state index in [0.717, 1.165) is 20.4 Å². The second-order valence-electron chi connectivity index (χ2n) is 3.33. The highest BCUT2D eigenvalue weighted by Gasteiger charge is 1.94.